The smallest absolute Gasteiger partial charge is 0.231 e. The van der Waals surface area contributed by atoms with Gasteiger partial charge in [0.1, 0.15) is 0 Å². The zero-order valence-corrected chi connectivity index (χ0v) is 15.9. The standard InChI is InChI=1S/C23H25NO4/c25-23-11-9-20(7-4-14-26-16-19-5-2-1-3-6-19)24(23)13-12-18-8-10-21-22(15-18)28-17-27-21/h1-3,5-8,10,15H,4,9,11-14,16-17H2/b20-7-. The Balaban J connectivity index is 1.26. The second-order valence-corrected chi connectivity index (χ2v) is 7.01. The van der Waals surface area contributed by atoms with Gasteiger partial charge in [-0.2, -0.15) is 0 Å². The van der Waals surface area contributed by atoms with Crippen molar-refractivity contribution in [3.8, 4) is 11.5 Å². The van der Waals surface area contributed by atoms with E-state index in [1.54, 1.807) is 0 Å². The van der Waals surface area contributed by atoms with Gasteiger partial charge in [0.2, 0.25) is 12.7 Å². The molecule has 5 heteroatoms. The second kappa shape index (κ2) is 8.93. The predicted molar refractivity (Wildman–Crippen MR) is 106 cm³/mol. The van der Waals surface area contributed by atoms with E-state index in [0.29, 0.717) is 26.2 Å². The Bertz CT molecular complexity index is 847. The van der Waals surface area contributed by atoms with Gasteiger partial charge in [0.05, 0.1) is 13.2 Å². The molecule has 0 aromatic heterocycles. The number of carbonyl (C=O) groups is 1. The van der Waals surface area contributed by atoms with Gasteiger partial charge in [-0.25, -0.2) is 0 Å². The minimum Gasteiger partial charge on any atom is -0.454 e. The van der Waals surface area contributed by atoms with Gasteiger partial charge in [0.25, 0.3) is 0 Å². The highest BCUT2D eigenvalue weighted by Gasteiger charge is 2.25. The average Bonchev–Trinajstić information content (AvgIpc) is 3.33. The van der Waals surface area contributed by atoms with Crippen molar-refractivity contribution in [2.45, 2.75) is 32.3 Å². The number of fused-ring (bicyclic) bond motifs is 1. The Kier molecular flexibility index (Phi) is 5.92. The summed E-state index contributed by atoms with van der Waals surface area (Å²) in [5, 5.41) is 0. The van der Waals surface area contributed by atoms with Crippen LogP contribution in [0.5, 0.6) is 11.5 Å². The van der Waals surface area contributed by atoms with Gasteiger partial charge in [-0.15, -0.1) is 0 Å². The highest BCUT2D eigenvalue weighted by atomic mass is 16.7. The Morgan fingerprint density at radius 2 is 1.86 bits per heavy atom. The maximum absolute atomic E-state index is 12.3. The van der Waals surface area contributed by atoms with Gasteiger partial charge in [0.15, 0.2) is 11.5 Å². The van der Waals surface area contributed by atoms with Crippen molar-refractivity contribution in [1.29, 1.82) is 0 Å². The van der Waals surface area contributed by atoms with E-state index in [0.717, 1.165) is 42.0 Å². The lowest BCUT2D eigenvalue weighted by molar-refractivity contribution is -0.126. The number of benzene rings is 2. The van der Waals surface area contributed by atoms with Crippen molar-refractivity contribution in [2.75, 3.05) is 19.9 Å². The van der Waals surface area contributed by atoms with Crippen LogP contribution in [0.2, 0.25) is 0 Å². The van der Waals surface area contributed by atoms with Crippen LogP contribution in [0.4, 0.5) is 0 Å². The largest absolute Gasteiger partial charge is 0.454 e. The van der Waals surface area contributed by atoms with Gasteiger partial charge in [0, 0.05) is 18.7 Å². The summed E-state index contributed by atoms with van der Waals surface area (Å²) in [4.78, 5) is 14.2. The molecule has 2 aliphatic rings. The molecule has 0 atom stereocenters. The fourth-order valence-corrected chi connectivity index (χ4v) is 3.56. The molecule has 0 radical (unpaired) electrons. The van der Waals surface area contributed by atoms with Crippen LogP contribution in [-0.2, 0) is 22.6 Å². The highest BCUT2D eigenvalue weighted by Crippen LogP contribution is 2.33. The maximum atomic E-state index is 12.3. The molecule has 1 fully saturated rings. The number of hydrogen-bond donors (Lipinski definition) is 0. The number of carbonyl (C=O) groups excluding carboxylic acids is 1. The number of hydrogen-bond acceptors (Lipinski definition) is 4. The molecule has 5 nitrogen and oxygen atoms in total. The van der Waals surface area contributed by atoms with Crippen LogP contribution in [0, 0.1) is 0 Å². The van der Waals surface area contributed by atoms with E-state index < -0.39 is 0 Å². The minimum absolute atomic E-state index is 0.206. The summed E-state index contributed by atoms with van der Waals surface area (Å²) in [5.41, 5.74) is 3.44. The number of likely N-dealkylation sites (tertiary alicyclic amines) is 1. The Labute approximate surface area is 165 Å². The molecule has 2 aromatic carbocycles. The molecule has 146 valence electrons. The molecule has 4 rings (SSSR count). The van der Waals surface area contributed by atoms with Crippen molar-refractivity contribution in [3.63, 3.8) is 0 Å². The first kappa shape index (κ1) is 18.6. The number of rotatable bonds is 8. The lowest BCUT2D eigenvalue weighted by Gasteiger charge is -2.18. The van der Waals surface area contributed by atoms with Crippen molar-refractivity contribution in [1.82, 2.24) is 4.90 Å². The van der Waals surface area contributed by atoms with E-state index >= 15 is 0 Å². The van der Waals surface area contributed by atoms with Crippen molar-refractivity contribution < 1.29 is 19.0 Å². The minimum atomic E-state index is 0.206. The molecular formula is C23H25NO4. The summed E-state index contributed by atoms with van der Waals surface area (Å²) in [7, 11) is 0. The van der Waals surface area contributed by atoms with Crippen LogP contribution in [0.3, 0.4) is 0 Å². The third-order valence-electron chi connectivity index (χ3n) is 5.06. The zero-order chi connectivity index (χ0) is 19.2. The van der Waals surface area contributed by atoms with E-state index in [1.807, 2.05) is 41.3 Å². The molecule has 2 aromatic rings. The van der Waals surface area contributed by atoms with E-state index in [2.05, 4.69) is 18.2 Å². The van der Waals surface area contributed by atoms with Crippen molar-refractivity contribution in [3.05, 3.63) is 71.4 Å². The molecule has 2 heterocycles. The van der Waals surface area contributed by atoms with Crippen LogP contribution in [0.15, 0.2) is 60.3 Å². The van der Waals surface area contributed by atoms with E-state index in [4.69, 9.17) is 14.2 Å². The molecule has 0 aliphatic carbocycles. The predicted octanol–water partition coefficient (Wildman–Crippen LogP) is 4.07. The SMILES string of the molecule is O=C1CC/C(=C/CCOCc2ccccc2)N1CCc1ccc2c(c1)OCO2. The highest BCUT2D eigenvalue weighted by molar-refractivity contribution is 5.81. The first-order valence-electron chi connectivity index (χ1n) is 9.79. The molecule has 0 bridgehead atoms. The van der Waals surface area contributed by atoms with Crippen molar-refractivity contribution in [2.24, 2.45) is 0 Å². The summed E-state index contributed by atoms with van der Waals surface area (Å²) in [6, 6.07) is 16.1. The van der Waals surface area contributed by atoms with Crippen LogP contribution >= 0.6 is 0 Å². The van der Waals surface area contributed by atoms with Crippen LogP contribution in [0.1, 0.15) is 30.4 Å². The monoisotopic (exact) mass is 379 g/mol. The molecular weight excluding hydrogens is 354 g/mol. The maximum Gasteiger partial charge on any atom is 0.231 e. The molecule has 0 spiro atoms. The average molecular weight is 379 g/mol. The Morgan fingerprint density at radius 3 is 2.75 bits per heavy atom. The normalized spacial score (nSPS) is 16.9. The molecule has 1 amide bonds. The molecule has 0 saturated carbocycles. The lowest BCUT2D eigenvalue weighted by Crippen LogP contribution is -2.25. The lowest BCUT2D eigenvalue weighted by atomic mass is 10.1. The van der Waals surface area contributed by atoms with Crippen LogP contribution < -0.4 is 9.47 Å². The number of amides is 1. The summed E-state index contributed by atoms with van der Waals surface area (Å²) in [6.07, 6.45) is 5.17. The number of ether oxygens (including phenoxy) is 3. The molecule has 0 N–H and O–H groups in total. The van der Waals surface area contributed by atoms with Crippen molar-refractivity contribution >= 4 is 5.91 Å². The summed E-state index contributed by atoms with van der Waals surface area (Å²) < 4.78 is 16.5. The van der Waals surface area contributed by atoms with Gasteiger partial charge in [-0.3, -0.25) is 4.79 Å². The van der Waals surface area contributed by atoms with Gasteiger partial charge in [-0.05, 0) is 42.5 Å². The Hall–Kier alpha value is -2.79. The summed E-state index contributed by atoms with van der Waals surface area (Å²) in [5.74, 6) is 1.78. The van der Waals surface area contributed by atoms with E-state index in [1.165, 1.54) is 5.56 Å². The van der Waals surface area contributed by atoms with Gasteiger partial charge in [-0.1, -0.05) is 42.5 Å². The molecule has 2 aliphatic heterocycles. The molecule has 1 saturated heterocycles. The number of allylic oxidation sites excluding steroid dienone is 1. The van der Waals surface area contributed by atoms with Gasteiger partial charge < -0.3 is 19.1 Å². The third kappa shape index (κ3) is 4.54. The zero-order valence-electron chi connectivity index (χ0n) is 15.9. The quantitative estimate of drug-likeness (QED) is 0.649. The van der Waals surface area contributed by atoms with Crippen LogP contribution in [-0.4, -0.2) is 30.8 Å². The summed E-state index contributed by atoms with van der Waals surface area (Å²) in [6.45, 7) is 2.25. The van der Waals surface area contributed by atoms with Gasteiger partial charge >= 0.3 is 0 Å². The first-order valence-corrected chi connectivity index (χ1v) is 9.79. The summed E-state index contributed by atoms with van der Waals surface area (Å²) >= 11 is 0. The fraction of sp³-hybridized carbons (Fsp3) is 0.348. The molecule has 0 unspecified atom stereocenters. The second-order valence-electron chi connectivity index (χ2n) is 7.01. The molecule has 28 heavy (non-hydrogen) atoms. The van der Waals surface area contributed by atoms with Crippen LogP contribution in [0.25, 0.3) is 0 Å². The number of nitrogens with zero attached hydrogens (tertiary/aromatic N) is 1. The van der Waals surface area contributed by atoms with E-state index in [9.17, 15) is 4.79 Å². The fourth-order valence-electron chi connectivity index (χ4n) is 3.56. The van der Waals surface area contributed by atoms with E-state index in [-0.39, 0.29) is 12.7 Å². The first-order chi connectivity index (χ1) is 13.8. The third-order valence-corrected chi connectivity index (χ3v) is 5.06. The topological polar surface area (TPSA) is 48.0 Å². The Morgan fingerprint density at radius 1 is 1.00 bits per heavy atom.